The van der Waals surface area contributed by atoms with Crippen molar-refractivity contribution in [3.63, 3.8) is 0 Å². The Morgan fingerprint density at radius 3 is 2.38 bits per heavy atom. The molecule has 0 bridgehead atoms. The van der Waals surface area contributed by atoms with Gasteiger partial charge in [0.05, 0.1) is 6.26 Å². The van der Waals surface area contributed by atoms with Crippen molar-refractivity contribution in [3.05, 3.63) is 95.4 Å². The molecule has 0 aliphatic carbocycles. The highest BCUT2D eigenvalue weighted by Crippen LogP contribution is 2.21. The monoisotopic (exact) mass is 349 g/mol. The van der Waals surface area contributed by atoms with Crippen LogP contribution in [0.2, 0.25) is 0 Å². The summed E-state index contributed by atoms with van der Waals surface area (Å²) >= 11 is 0. The molecular formula is C21H19NO4. The number of hydrogen-bond acceptors (Lipinski definition) is 4. The maximum absolute atomic E-state index is 12.7. The zero-order chi connectivity index (χ0) is 18.4. The normalized spacial score (nSPS) is 11.6. The van der Waals surface area contributed by atoms with Gasteiger partial charge >= 0.3 is 5.97 Å². The Bertz CT molecular complexity index is 855. The fourth-order valence-corrected chi connectivity index (χ4v) is 2.45. The smallest absolute Gasteiger partial charge is 0.375 e. The van der Waals surface area contributed by atoms with Gasteiger partial charge < -0.3 is 14.5 Å². The van der Waals surface area contributed by atoms with Crippen molar-refractivity contribution in [1.82, 2.24) is 5.32 Å². The molecule has 0 fully saturated rings. The standard InChI is InChI=1S/C21H19NO4/c1-15-9-11-17(12-10-15)19(26-21(24)18-8-5-13-25-18)20(23)22-14-16-6-3-2-4-7-16/h2-13,19H,14H2,1H3,(H,22,23)/t19-/m0/s1. The van der Waals surface area contributed by atoms with Crippen LogP contribution in [0.5, 0.6) is 0 Å². The molecule has 132 valence electrons. The van der Waals surface area contributed by atoms with E-state index in [1.807, 2.05) is 49.4 Å². The Hall–Kier alpha value is -3.34. The fourth-order valence-electron chi connectivity index (χ4n) is 2.45. The molecule has 1 N–H and O–H groups in total. The van der Waals surface area contributed by atoms with Crippen molar-refractivity contribution in [1.29, 1.82) is 0 Å². The van der Waals surface area contributed by atoms with E-state index in [1.165, 1.54) is 12.3 Å². The van der Waals surface area contributed by atoms with Crippen molar-refractivity contribution < 1.29 is 18.7 Å². The molecule has 5 heteroatoms. The highest BCUT2D eigenvalue weighted by molar-refractivity contribution is 5.90. The first-order valence-corrected chi connectivity index (χ1v) is 8.26. The maximum atomic E-state index is 12.7. The minimum atomic E-state index is -1.06. The molecule has 1 amide bonds. The summed E-state index contributed by atoms with van der Waals surface area (Å²) in [7, 11) is 0. The van der Waals surface area contributed by atoms with E-state index in [-0.39, 0.29) is 5.76 Å². The second kappa shape index (κ2) is 8.16. The minimum Gasteiger partial charge on any atom is -0.457 e. The van der Waals surface area contributed by atoms with Crippen LogP contribution in [0.3, 0.4) is 0 Å². The molecule has 26 heavy (non-hydrogen) atoms. The Morgan fingerprint density at radius 2 is 1.73 bits per heavy atom. The first kappa shape index (κ1) is 17.5. The van der Waals surface area contributed by atoms with Gasteiger partial charge in [0, 0.05) is 12.1 Å². The summed E-state index contributed by atoms with van der Waals surface area (Å²) in [6.45, 7) is 2.30. The predicted octanol–water partition coefficient (Wildman–Crippen LogP) is 3.80. The SMILES string of the molecule is Cc1ccc([C@H](OC(=O)c2ccco2)C(=O)NCc2ccccc2)cc1. The highest BCUT2D eigenvalue weighted by Gasteiger charge is 2.26. The van der Waals surface area contributed by atoms with E-state index < -0.39 is 18.0 Å². The van der Waals surface area contributed by atoms with Crippen LogP contribution >= 0.6 is 0 Å². The van der Waals surface area contributed by atoms with Gasteiger partial charge in [0.15, 0.2) is 0 Å². The van der Waals surface area contributed by atoms with Gasteiger partial charge in [0.2, 0.25) is 11.9 Å². The molecule has 3 rings (SSSR count). The number of rotatable bonds is 6. The molecule has 0 saturated heterocycles. The third-order valence-corrected chi connectivity index (χ3v) is 3.88. The number of hydrogen-bond donors (Lipinski definition) is 1. The van der Waals surface area contributed by atoms with Gasteiger partial charge in [0.25, 0.3) is 5.91 Å². The number of amides is 1. The third-order valence-electron chi connectivity index (χ3n) is 3.88. The number of aryl methyl sites for hydroxylation is 1. The van der Waals surface area contributed by atoms with Crippen molar-refractivity contribution in [2.75, 3.05) is 0 Å². The van der Waals surface area contributed by atoms with Crippen molar-refractivity contribution in [3.8, 4) is 0 Å². The van der Waals surface area contributed by atoms with E-state index in [4.69, 9.17) is 9.15 Å². The van der Waals surface area contributed by atoms with Crippen molar-refractivity contribution >= 4 is 11.9 Å². The zero-order valence-corrected chi connectivity index (χ0v) is 14.3. The molecule has 0 radical (unpaired) electrons. The number of carbonyl (C=O) groups excluding carboxylic acids is 2. The Labute approximate surface area is 151 Å². The average Bonchev–Trinajstić information content (AvgIpc) is 3.21. The number of benzene rings is 2. The molecule has 1 atom stereocenters. The van der Waals surface area contributed by atoms with Crippen LogP contribution in [0, 0.1) is 6.92 Å². The van der Waals surface area contributed by atoms with Gasteiger partial charge in [0.1, 0.15) is 0 Å². The number of furan rings is 1. The van der Waals surface area contributed by atoms with E-state index >= 15 is 0 Å². The van der Waals surface area contributed by atoms with Crippen LogP contribution in [-0.4, -0.2) is 11.9 Å². The van der Waals surface area contributed by atoms with Crippen molar-refractivity contribution in [2.45, 2.75) is 19.6 Å². The molecule has 0 saturated carbocycles. The summed E-state index contributed by atoms with van der Waals surface area (Å²) in [5.74, 6) is -1.02. The number of carbonyl (C=O) groups is 2. The summed E-state index contributed by atoms with van der Waals surface area (Å²) in [6.07, 6.45) is 0.323. The van der Waals surface area contributed by atoms with E-state index in [0.29, 0.717) is 12.1 Å². The first-order chi connectivity index (χ1) is 12.6. The van der Waals surface area contributed by atoms with Crippen LogP contribution in [0.15, 0.2) is 77.4 Å². The summed E-state index contributed by atoms with van der Waals surface area (Å²) in [5.41, 5.74) is 2.61. The molecular weight excluding hydrogens is 330 g/mol. The van der Waals surface area contributed by atoms with Crippen molar-refractivity contribution in [2.24, 2.45) is 0 Å². The highest BCUT2D eigenvalue weighted by atomic mass is 16.6. The topological polar surface area (TPSA) is 68.5 Å². The molecule has 0 aliphatic heterocycles. The second-order valence-corrected chi connectivity index (χ2v) is 5.88. The molecule has 0 spiro atoms. The minimum absolute atomic E-state index is 0.0537. The molecule has 2 aromatic carbocycles. The second-order valence-electron chi connectivity index (χ2n) is 5.88. The van der Waals surface area contributed by atoms with Gasteiger partial charge in [-0.2, -0.15) is 0 Å². The van der Waals surface area contributed by atoms with Gasteiger partial charge in [-0.3, -0.25) is 4.79 Å². The fraction of sp³-hybridized carbons (Fsp3) is 0.143. The van der Waals surface area contributed by atoms with E-state index in [2.05, 4.69) is 5.32 Å². The third kappa shape index (κ3) is 4.39. The lowest BCUT2D eigenvalue weighted by atomic mass is 10.1. The van der Waals surface area contributed by atoms with E-state index in [9.17, 15) is 9.59 Å². The molecule has 0 unspecified atom stereocenters. The molecule has 1 heterocycles. The lowest BCUT2D eigenvalue weighted by Gasteiger charge is -2.18. The lowest BCUT2D eigenvalue weighted by Crippen LogP contribution is -2.31. The maximum Gasteiger partial charge on any atom is 0.375 e. The average molecular weight is 349 g/mol. The number of nitrogens with one attached hydrogen (secondary N) is 1. The number of ether oxygens (including phenoxy) is 1. The Balaban J connectivity index is 1.76. The Morgan fingerprint density at radius 1 is 1.00 bits per heavy atom. The summed E-state index contributed by atoms with van der Waals surface area (Å²) in [4.78, 5) is 24.9. The summed E-state index contributed by atoms with van der Waals surface area (Å²) < 4.78 is 10.5. The van der Waals surface area contributed by atoms with Gasteiger partial charge in [-0.05, 0) is 24.6 Å². The van der Waals surface area contributed by atoms with E-state index in [1.54, 1.807) is 18.2 Å². The summed E-state index contributed by atoms with van der Waals surface area (Å²) in [5, 5.41) is 2.82. The van der Waals surface area contributed by atoms with Gasteiger partial charge in [-0.15, -0.1) is 0 Å². The Kier molecular flexibility index (Phi) is 5.49. The van der Waals surface area contributed by atoms with E-state index in [0.717, 1.165) is 11.1 Å². The molecule has 0 aliphatic rings. The largest absolute Gasteiger partial charge is 0.457 e. The van der Waals surface area contributed by atoms with Crippen LogP contribution < -0.4 is 5.32 Å². The molecule has 3 aromatic rings. The van der Waals surface area contributed by atoms with Crippen LogP contribution in [-0.2, 0) is 16.1 Å². The number of esters is 1. The van der Waals surface area contributed by atoms with Gasteiger partial charge in [-0.25, -0.2) is 4.79 Å². The quantitative estimate of drug-likeness (QED) is 0.687. The van der Waals surface area contributed by atoms with Gasteiger partial charge in [-0.1, -0.05) is 60.2 Å². The zero-order valence-electron chi connectivity index (χ0n) is 14.3. The molecule has 1 aromatic heterocycles. The first-order valence-electron chi connectivity index (χ1n) is 8.26. The lowest BCUT2D eigenvalue weighted by molar-refractivity contribution is -0.130. The van der Waals surface area contributed by atoms with Crippen LogP contribution in [0.4, 0.5) is 0 Å². The summed E-state index contributed by atoms with van der Waals surface area (Å²) in [6, 6.07) is 19.9. The van der Waals surface area contributed by atoms with Crippen LogP contribution in [0.25, 0.3) is 0 Å². The molecule has 5 nitrogen and oxygen atoms in total. The predicted molar refractivity (Wildman–Crippen MR) is 96.3 cm³/mol. The van der Waals surface area contributed by atoms with Crippen LogP contribution in [0.1, 0.15) is 33.3 Å².